The number of benzene rings is 3. The minimum Gasteiger partial charge on any atom is -0.352 e. The third-order valence-corrected chi connectivity index (χ3v) is 10.5. The van der Waals surface area contributed by atoms with Crippen molar-refractivity contribution in [1.82, 2.24) is 10.2 Å². The molecule has 4 rings (SSSR count). The molecule has 2 amide bonds. The predicted octanol–water partition coefficient (Wildman–Crippen LogP) is 7.73. The van der Waals surface area contributed by atoms with Gasteiger partial charge in [0.25, 0.3) is 10.0 Å². The van der Waals surface area contributed by atoms with Crippen LogP contribution in [0.1, 0.15) is 50.2 Å². The quantitative estimate of drug-likeness (QED) is 0.222. The van der Waals surface area contributed by atoms with Gasteiger partial charge in [-0.15, -0.1) is 0 Å². The van der Waals surface area contributed by atoms with Crippen LogP contribution in [-0.4, -0.2) is 43.8 Å². The van der Waals surface area contributed by atoms with Crippen molar-refractivity contribution in [2.24, 2.45) is 0 Å². The van der Waals surface area contributed by atoms with Crippen molar-refractivity contribution in [2.75, 3.05) is 10.8 Å². The van der Waals surface area contributed by atoms with Crippen LogP contribution in [-0.2, 0) is 32.3 Å². The Kier molecular flexibility index (Phi) is 11.3. The summed E-state index contributed by atoms with van der Waals surface area (Å²) in [6.45, 7) is 0.494. The zero-order valence-corrected chi connectivity index (χ0v) is 27.2. The third kappa shape index (κ3) is 8.24. The van der Waals surface area contributed by atoms with Crippen LogP contribution in [0.25, 0.3) is 0 Å². The lowest BCUT2D eigenvalue weighted by Crippen LogP contribution is -2.53. The summed E-state index contributed by atoms with van der Waals surface area (Å²) in [4.78, 5) is 28.7. The van der Waals surface area contributed by atoms with E-state index in [4.69, 9.17) is 34.8 Å². The Balaban J connectivity index is 1.80. The first-order valence-electron chi connectivity index (χ1n) is 14.2. The Morgan fingerprint density at radius 3 is 2.13 bits per heavy atom. The monoisotopic (exact) mass is 703 g/mol. The summed E-state index contributed by atoms with van der Waals surface area (Å²) < 4.78 is 69.9. The first kappa shape index (κ1) is 34.9. The van der Waals surface area contributed by atoms with E-state index in [9.17, 15) is 31.2 Å². The summed E-state index contributed by atoms with van der Waals surface area (Å²) in [5.41, 5.74) is -1.39. The Hall–Kier alpha value is -2.99. The van der Waals surface area contributed by atoms with Crippen LogP contribution in [0, 0.1) is 0 Å². The Morgan fingerprint density at radius 2 is 1.56 bits per heavy atom. The molecule has 3 aromatic rings. The topological polar surface area (TPSA) is 86.8 Å². The number of halogens is 6. The van der Waals surface area contributed by atoms with E-state index in [1.54, 1.807) is 31.2 Å². The highest BCUT2D eigenvalue weighted by molar-refractivity contribution is 7.92. The van der Waals surface area contributed by atoms with Gasteiger partial charge >= 0.3 is 6.18 Å². The maximum absolute atomic E-state index is 14.2. The molecule has 1 atom stereocenters. The molecule has 45 heavy (non-hydrogen) atoms. The number of amides is 2. The lowest BCUT2D eigenvalue weighted by molar-refractivity contribution is -0.140. The van der Waals surface area contributed by atoms with Crippen LogP contribution in [0.4, 0.5) is 18.9 Å². The first-order chi connectivity index (χ1) is 21.2. The molecule has 1 N–H and O–H groups in total. The molecule has 0 heterocycles. The molecular formula is C31H31Cl3F3N3O4S. The van der Waals surface area contributed by atoms with Crippen molar-refractivity contribution in [3.8, 4) is 0 Å². The number of carbonyl (C=O) groups is 2. The van der Waals surface area contributed by atoms with Gasteiger partial charge in [-0.3, -0.25) is 13.9 Å². The molecule has 1 saturated carbocycles. The number of nitrogens with zero attached hydrogens (tertiary/aromatic N) is 2. The summed E-state index contributed by atoms with van der Waals surface area (Å²) in [5, 5.41) is 2.77. The lowest BCUT2D eigenvalue weighted by Gasteiger charge is -2.34. The minimum absolute atomic E-state index is 0.0720. The van der Waals surface area contributed by atoms with Crippen molar-refractivity contribution in [3.05, 3.63) is 92.9 Å². The fraction of sp³-hybridized carbons (Fsp3) is 0.355. The van der Waals surface area contributed by atoms with Crippen LogP contribution >= 0.6 is 34.8 Å². The van der Waals surface area contributed by atoms with Gasteiger partial charge in [0.1, 0.15) is 12.6 Å². The minimum atomic E-state index is -4.91. The molecule has 0 aromatic heterocycles. The Morgan fingerprint density at radius 1 is 0.933 bits per heavy atom. The molecule has 1 fully saturated rings. The van der Waals surface area contributed by atoms with Crippen LogP contribution in [0.2, 0.25) is 15.1 Å². The number of rotatable bonds is 11. The summed E-state index contributed by atoms with van der Waals surface area (Å²) in [7, 11) is -4.60. The zero-order chi connectivity index (χ0) is 32.9. The molecular weight excluding hydrogens is 674 g/mol. The molecule has 7 nitrogen and oxygen atoms in total. The SMILES string of the molecule is CC[C@H](C(=O)NC1CCCC1)N(Cc1c(Cl)cccc1Cl)C(=O)CN(c1ccc(Cl)c(C(F)(F)F)c1)S(=O)(=O)c1ccccc1. The van der Waals surface area contributed by atoms with E-state index in [1.165, 1.54) is 29.2 Å². The highest BCUT2D eigenvalue weighted by Crippen LogP contribution is 2.38. The normalized spacial score (nSPS) is 14.6. The number of nitrogens with one attached hydrogen (secondary N) is 1. The first-order valence-corrected chi connectivity index (χ1v) is 16.8. The highest BCUT2D eigenvalue weighted by Gasteiger charge is 2.38. The molecule has 0 radical (unpaired) electrons. The number of carbonyl (C=O) groups excluding carboxylic acids is 2. The second-order valence-corrected chi connectivity index (χ2v) is 13.7. The summed E-state index contributed by atoms with van der Waals surface area (Å²) in [6, 6.07) is 13.2. The number of hydrogen-bond acceptors (Lipinski definition) is 4. The average molecular weight is 705 g/mol. The summed E-state index contributed by atoms with van der Waals surface area (Å²) in [6.07, 6.45) is -1.28. The van der Waals surface area contributed by atoms with E-state index >= 15 is 0 Å². The van der Waals surface area contributed by atoms with Crippen molar-refractivity contribution >= 4 is 62.3 Å². The molecule has 0 unspecified atom stereocenters. The molecule has 3 aromatic carbocycles. The maximum Gasteiger partial charge on any atom is 0.417 e. The maximum atomic E-state index is 14.2. The van der Waals surface area contributed by atoms with Gasteiger partial charge in [-0.05, 0) is 61.7 Å². The van der Waals surface area contributed by atoms with Gasteiger partial charge in [0.15, 0.2) is 0 Å². The fourth-order valence-electron chi connectivity index (χ4n) is 5.27. The van der Waals surface area contributed by atoms with E-state index in [-0.39, 0.29) is 33.9 Å². The van der Waals surface area contributed by atoms with Crippen LogP contribution in [0.3, 0.4) is 0 Å². The van der Waals surface area contributed by atoms with Crippen molar-refractivity contribution in [2.45, 2.75) is 68.7 Å². The largest absolute Gasteiger partial charge is 0.417 e. The number of sulfonamides is 1. The van der Waals surface area contributed by atoms with Crippen LogP contribution < -0.4 is 9.62 Å². The van der Waals surface area contributed by atoms with Gasteiger partial charge < -0.3 is 10.2 Å². The Labute approximate surface area is 275 Å². The van der Waals surface area contributed by atoms with Gasteiger partial charge in [-0.25, -0.2) is 8.42 Å². The summed E-state index contributed by atoms with van der Waals surface area (Å²) >= 11 is 18.7. The molecule has 0 aliphatic heterocycles. The fourth-order valence-corrected chi connectivity index (χ4v) is 7.44. The molecule has 1 aliphatic rings. The second kappa shape index (κ2) is 14.6. The van der Waals surface area contributed by atoms with Crippen LogP contribution in [0.15, 0.2) is 71.6 Å². The van der Waals surface area contributed by atoms with E-state index in [0.717, 1.165) is 37.8 Å². The van der Waals surface area contributed by atoms with Crippen molar-refractivity contribution < 1.29 is 31.2 Å². The molecule has 1 aliphatic carbocycles. The second-order valence-electron chi connectivity index (χ2n) is 10.6. The van der Waals surface area contributed by atoms with Crippen molar-refractivity contribution in [1.29, 1.82) is 0 Å². The van der Waals surface area contributed by atoms with Gasteiger partial charge in [-0.2, -0.15) is 13.2 Å². The van der Waals surface area contributed by atoms with Gasteiger partial charge in [0.05, 0.1) is 21.2 Å². The smallest absolute Gasteiger partial charge is 0.352 e. The highest BCUT2D eigenvalue weighted by atomic mass is 35.5. The van der Waals surface area contributed by atoms with Crippen molar-refractivity contribution in [3.63, 3.8) is 0 Å². The van der Waals surface area contributed by atoms with E-state index in [2.05, 4.69) is 5.32 Å². The molecule has 14 heteroatoms. The lowest BCUT2D eigenvalue weighted by atomic mass is 10.1. The predicted molar refractivity (Wildman–Crippen MR) is 169 cm³/mol. The molecule has 0 spiro atoms. The average Bonchev–Trinajstić information content (AvgIpc) is 3.50. The Bertz CT molecular complexity index is 1620. The molecule has 0 bridgehead atoms. The third-order valence-electron chi connectivity index (χ3n) is 7.63. The van der Waals surface area contributed by atoms with Gasteiger partial charge in [-0.1, -0.05) is 78.8 Å². The van der Waals surface area contributed by atoms with E-state index in [1.807, 2.05) is 0 Å². The van der Waals surface area contributed by atoms with E-state index in [0.29, 0.717) is 15.9 Å². The number of anilines is 1. The standard InChI is InChI=1S/C31H31Cl3F3N3O4S/c1-2-28(30(42)38-20-9-6-7-10-20)39(18-23-25(32)13-8-14-26(23)33)29(41)19-40(45(43,44)22-11-4-3-5-12-22)21-15-16-27(34)24(17-21)31(35,36)37/h3-5,8,11-17,20,28H,2,6-7,9-10,18-19H2,1H3,(H,38,42)/t28-/m1/s1. The number of hydrogen-bond donors (Lipinski definition) is 1. The van der Waals surface area contributed by atoms with Gasteiger partial charge in [0.2, 0.25) is 11.8 Å². The zero-order valence-electron chi connectivity index (χ0n) is 24.2. The van der Waals surface area contributed by atoms with E-state index < -0.39 is 56.9 Å². The van der Waals surface area contributed by atoms with Gasteiger partial charge in [0, 0.05) is 28.2 Å². The molecule has 0 saturated heterocycles. The van der Waals surface area contributed by atoms with Crippen LogP contribution in [0.5, 0.6) is 0 Å². The number of alkyl halides is 3. The summed E-state index contributed by atoms with van der Waals surface area (Å²) in [5.74, 6) is -1.30. The molecule has 242 valence electrons.